The number of rotatable bonds is 6. The number of nitrogens with zero attached hydrogens (tertiary/aromatic N) is 9. The summed E-state index contributed by atoms with van der Waals surface area (Å²) in [6, 6.07) is 4.23. The first-order chi connectivity index (χ1) is 17.5. The zero-order chi connectivity index (χ0) is 24.6. The SMILES string of the molecule is Cc1nc2nc(C)c(C[C@@H]3CCN(c4cnc(-c5ccc(CN6CCCC6)nc5)cn4)C3)c(C)n2n1. The maximum atomic E-state index is 4.76. The Morgan fingerprint density at radius 1 is 0.917 bits per heavy atom. The molecule has 2 aliphatic rings. The third kappa shape index (κ3) is 4.55. The summed E-state index contributed by atoms with van der Waals surface area (Å²) in [5.41, 5.74) is 6.46. The van der Waals surface area contributed by atoms with Gasteiger partial charge in [0.25, 0.3) is 5.78 Å². The van der Waals surface area contributed by atoms with E-state index in [1.54, 1.807) is 0 Å². The van der Waals surface area contributed by atoms with E-state index >= 15 is 0 Å². The Balaban J connectivity index is 1.10. The van der Waals surface area contributed by atoms with E-state index in [9.17, 15) is 0 Å². The predicted octanol–water partition coefficient (Wildman–Crippen LogP) is 3.57. The van der Waals surface area contributed by atoms with Crippen molar-refractivity contribution >= 4 is 11.6 Å². The average molecular weight is 484 g/mol. The van der Waals surface area contributed by atoms with Gasteiger partial charge in [-0.25, -0.2) is 14.5 Å². The van der Waals surface area contributed by atoms with E-state index in [1.807, 2.05) is 30.0 Å². The molecule has 0 saturated carbocycles. The molecule has 1 atom stereocenters. The molecule has 4 aromatic heterocycles. The number of aromatic nitrogens is 7. The first-order valence-corrected chi connectivity index (χ1v) is 13.0. The van der Waals surface area contributed by atoms with Crippen LogP contribution in [0.1, 0.15) is 47.7 Å². The van der Waals surface area contributed by atoms with Crippen molar-refractivity contribution in [2.45, 2.75) is 53.0 Å². The number of likely N-dealkylation sites (tertiary alicyclic amines) is 1. The summed E-state index contributed by atoms with van der Waals surface area (Å²) in [7, 11) is 0. The highest BCUT2D eigenvalue weighted by atomic mass is 15.3. The highest BCUT2D eigenvalue weighted by Crippen LogP contribution is 2.27. The third-order valence-corrected chi connectivity index (χ3v) is 7.60. The standard InChI is InChI=1S/C27H33N9/c1-18-24(19(2)36-27(31-18)32-20(3)33-36)12-21-8-11-35(16-21)26-15-29-25(14-30-26)22-6-7-23(28-13-22)17-34-9-4-5-10-34/h6-7,13-15,21H,4-5,8-12,16-17H2,1-3H3/t21-/m0/s1. The largest absolute Gasteiger partial charge is 0.355 e. The summed E-state index contributed by atoms with van der Waals surface area (Å²) in [5.74, 6) is 2.92. The van der Waals surface area contributed by atoms with Gasteiger partial charge in [0, 0.05) is 42.8 Å². The first kappa shape index (κ1) is 23.0. The molecular weight excluding hydrogens is 450 g/mol. The molecule has 0 spiro atoms. The lowest BCUT2D eigenvalue weighted by Crippen LogP contribution is -2.22. The van der Waals surface area contributed by atoms with E-state index in [4.69, 9.17) is 15.0 Å². The van der Waals surface area contributed by atoms with Crippen LogP contribution in [0, 0.1) is 26.7 Å². The topological polar surface area (TPSA) is 88.2 Å². The molecule has 0 N–H and O–H groups in total. The van der Waals surface area contributed by atoms with E-state index in [1.165, 1.54) is 31.5 Å². The molecule has 0 radical (unpaired) electrons. The molecule has 0 unspecified atom stereocenters. The summed E-state index contributed by atoms with van der Waals surface area (Å²) < 4.78 is 1.88. The van der Waals surface area contributed by atoms with Crippen molar-refractivity contribution in [3.05, 3.63) is 59.2 Å². The van der Waals surface area contributed by atoms with Crippen LogP contribution in [-0.4, -0.2) is 65.6 Å². The zero-order valence-corrected chi connectivity index (χ0v) is 21.4. The van der Waals surface area contributed by atoms with Gasteiger partial charge in [0.15, 0.2) is 0 Å². The molecule has 9 nitrogen and oxygen atoms in total. The van der Waals surface area contributed by atoms with E-state index in [2.05, 4.69) is 50.8 Å². The normalized spacial score (nSPS) is 18.5. The molecule has 186 valence electrons. The van der Waals surface area contributed by atoms with Crippen LogP contribution in [0.3, 0.4) is 0 Å². The molecule has 0 aliphatic carbocycles. The van der Waals surface area contributed by atoms with Crippen molar-refractivity contribution in [2.24, 2.45) is 5.92 Å². The minimum Gasteiger partial charge on any atom is -0.355 e. The molecule has 2 aliphatic heterocycles. The van der Waals surface area contributed by atoms with Crippen molar-refractivity contribution in [3.8, 4) is 11.3 Å². The Hall–Kier alpha value is -3.46. The Kier molecular flexibility index (Phi) is 6.08. The van der Waals surface area contributed by atoms with Crippen LogP contribution in [0.2, 0.25) is 0 Å². The summed E-state index contributed by atoms with van der Waals surface area (Å²) >= 11 is 0. The quantitative estimate of drug-likeness (QED) is 0.411. The highest BCUT2D eigenvalue weighted by Gasteiger charge is 2.26. The lowest BCUT2D eigenvalue weighted by Gasteiger charge is -2.18. The van der Waals surface area contributed by atoms with Crippen LogP contribution in [-0.2, 0) is 13.0 Å². The fourth-order valence-corrected chi connectivity index (χ4v) is 5.57. The Bertz CT molecular complexity index is 1360. The first-order valence-electron chi connectivity index (χ1n) is 13.0. The van der Waals surface area contributed by atoms with E-state index in [0.29, 0.717) is 11.7 Å². The number of pyridine rings is 1. The number of fused-ring (bicyclic) bond motifs is 1. The number of hydrogen-bond acceptors (Lipinski definition) is 8. The molecule has 0 bridgehead atoms. The maximum Gasteiger partial charge on any atom is 0.252 e. The third-order valence-electron chi connectivity index (χ3n) is 7.60. The second kappa shape index (κ2) is 9.54. The van der Waals surface area contributed by atoms with Crippen molar-refractivity contribution < 1.29 is 0 Å². The van der Waals surface area contributed by atoms with Gasteiger partial charge < -0.3 is 4.90 Å². The van der Waals surface area contributed by atoms with Gasteiger partial charge in [0.05, 0.1) is 23.8 Å². The van der Waals surface area contributed by atoms with Crippen LogP contribution in [0.25, 0.3) is 17.0 Å². The number of hydrogen-bond donors (Lipinski definition) is 0. The van der Waals surface area contributed by atoms with E-state index in [0.717, 1.165) is 72.5 Å². The van der Waals surface area contributed by atoms with Gasteiger partial charge in [0.2, 0.25) is 0 Å². The minimum atomic E-state index is 0.542. The average Bonchev–Trinajstić information content (AvgIpc) is 3.64. The van der Waals surface area contributed by atoms with Crippen LogP contribution in [0.4, 0.5) is 5.82 Å². The summed E-state index contributed by atoms with van der Waals surface area (Å²) in [4.78, 5) is 28.1. The molecule has 6 rings (SSSR count). The summed E-state index contributed by atoms with van der Waals surface area (Å²) in [6.07, 6.45) is 10.4. The van der Waals surface area contributed by atoms with Crippen LogP contribution in [0.5, 0.6) is 0 Å². The van der Waals surface area contributed by atoms with Crippen molar-refractivity contribution in [3.63, 3.8) is 0 Å². The number of aryl methyl sites for hydroxylation is 3. The monoisotopic (exact) mass is 483 g/mol. The van der Waals surface area contributed by atoms with Crippen molar-refractivity contribution in [1.82, 2.24) is 39.4 Å². The van der Waals surface area contributed by atoms with Gasteiger partial charge in [-0.1, -0.05) is 0 Å². The molecule has 36 heavy (non-hydrogen) atoms. The smallest absolute Gasteiger partial charge is 0.252 e. The molecule has 9 heteroatoms. The zero-order valence-electron chi connectivity index (χ0n) is 21.4. The van der Waals surface area contributed by atoms with Crippen LogP contribution < -0.4 is 4.90 Å². The fourth-order valence-electron chi connectivity index (χ4n) is 5.57. The molecule has 0 aromatic carbocycles. The number of anilines is 1. The van der Waals surface area contributed by atoms with Gasteiger partial charge in [-0.15, -0.1) is 0 Å². The Morgan fingerprint density at radius 2 is 1.78 bits per heavy atom. The molecular formula is C27H33N9. The van der Waals surface area contributed by atoms with Gasteiger partial charge in [-0.3, -0.25) is 14.9 Å². The van der Waals surface area contributed by atoms with Gasteiger partial charge in [-0.05, 0) is 83.2 Å². The maximum absolute atomic E-state index is 4.76. The van der Waals surface area contributed by atoms with Gasteiger partial charge in [-0.2, -0.15) is 10.1 Å². The molecule has 4 aromatic rings. The molecule has 2 fully saturated rings. The van der Waals surface area contributed by atoms with Gasteiger partial charge >= 0.3 is 0 Å². The summed E-state index contributed by atoms with van der Waals surface area (Å²) in [5, 5.41) is 4.52. The lowest BCUT2D eigenvalue weighted by atomic mass is 9.96. The Morgan fingerprint density at radius 3 is 2.53 bits per heavy atom. The minimum absolute atomic E-state index is 0.542. The Labute approximate surface area is 211 Å². The summed E-state index contributed by atoms with van der Waals surface area (Å²) in [6.45, 7) is 11.4. The molecule has 6 heterocycles. The van der Waals surface area contributed by atoms with Crippen LogP contribution >= 0.6 is 0 Å². The predicted molar refractivity (Wildman–Crippen MR) is 139 cm³/mol. The van der Waals surface area contributed by atoms with E-state index < -0.39 is 0 Å². The van der Waals surface area contributed by atoms with E-state index in [-0.39, 0.29) is 0 Å². The van der Waals surface area contributed by atoms with Crippen molar-refractivity contribution in [2.75, 3.05) is 31.1 Å². The van der Waals surface area contributed by atoms with Crippen LogP contribution in [0.15, 0.2) is 30.7 Å². The second-order valence-corrected chi connectivity index (χ2v) is 10.2. The molecule has 0 amide bonds. The molecule has 2 saturated heterocycles. The second-order valence-electron chi connectivity index (χ2n) is 10.2. The fraction of sp³-hybridized carbons (Fsp3) is 0.481. The van der Waals surface area contributed by atoms with Crippen molar-refractivity contribution in [1.29, 1.82) is 0 Å². The lowest BCUT2D eigenvalue weighted by molar-refractivity contribution is 0.327. The van der Waals surface area contributed by atoms with Gasteiger partial charge in [0.1, 0.15) is 11.6 Å². The highest BCUT2D eigenvalue weighted by molar-refractivity contribution is 5.58.